The maximum absolute atomic E-state index is 12.4. The fourth-order valence-electron chi connectivity index (χ4n) is 3.26. The smallest absolute Gasteiger partial charge is 0.335 e. The Kier molecular flexibility index (Phi) is 5.29. The number of hydrogen-bond donors (Lipinski definition) is 2. The summed E-state index contributed by atoms with van der Waals surface area (Å²) in [5.41, 5.74) is 4.88. The summed E-state index contributed by atoms with van der Waals surface area (Å²) in [7, 11) is 0. The molecule has 150 valence electrons. The van der Waals surface area contributed by atoms with Crippen molar-refractivity contribution in [2.45, 2.75) is 13.8 Å². The Bertz CT molecular complexity index is 1190. The van der Waals surface area contributed by atoms with Crippen molar-refractivity contribution >= 4 is 40.6 Å². The maximum Gasteiger partial charge on any atom is 0.335 e. The number of amides is 1. The molecular formula is C23H19N3O3S. The molecule has 0 aliphatic carbocycles. The van der Waals surface area contributed by atoms with Crippen LogP contribution >= 0.6 is 11.8 Å². The summed E-state index contributed by atoms with van der Waals surface area (Å²) >= 11 is 1.29. The van der Waals surface area contributed by atoms with E-state index in [-0.39, 0.29) is 11.5 Å². The second-order valence-corrected chi connectivity index (χ2v) is 8.01. The number of nitrogens with one attached hydrogen (secondary N) is 1. The van der Waals surface area contributed by atoms with E-state index in [0.29, 0.717) is 10.1 Å². The summed E-state index contributed by atoms with van der Waals surface area (Å²) in [4.78, 5) is 28.6. The molecule has 4 rings (SSSR count). The number of nitrogens with zero attached hydrogens (tertiary/aromatic N) is 2. The second-order valence-electron chi connectivity index (χ2n) is 6.98. The Morgan fingerprint density at radius 2 is 1.80 bits per heavy atom. The summed E-state index contributed by atoms with van der Waals surface area (Å²) in [6.07, 6.45) is 3.67. The van der Waals surface area contributed by atoms with Crippen LogP contribution in [0.15, 0.2) is 70.7 Å². The number of carboxylic acids is 1. The zero-order chi connectivity index (χ0) is 21.3. The first kappa shape index (κ1) is 19.7. The first-order chi connectivity index (χ1) is 14.4. The number of thioether (sulfide) groups is 1. The molecule has 1 aliphatic heterocycles. The highest BCUT2D eigenvalue weighted by Crippen LogP contribution is 2.29. The minimum Gasteiger partial charge on any atom is -0.478 e. The average molecular weight is 417 g/mol. The molecule has 7 heteroatoms. The van der Waals surface area contributed by atoms with Gasteiger partial charge in [-0.2, -0.15) is 0 Å². The van der Waals surface area contributed by atoms with Gasteiger partial charge in [-0.25, -0.2) is 9.79 Å². The Balaban J connectivity index is 1.60. The van der Waals surface area contributed by atoms with Gasteiger partial charge in [0.15, 0.2) is 5.17 Å². The molecule has 1 aliphatic rings. The van der Waals surface area contributed by atoms with Crippen LogP contribution in [0.2, 0.25) is 0 Å². The zero-order valence-electron chi connectivity index (χ0n) is 16.4. The van der Waals surface area contributed by atoms with E-state index in [2.05, 4.69) is 16.4 Å². The third kappa shape index (κ3) is 4.21. The SMILES string of the molecule is Cc1cc(C)cc(N=C2NC(=O)/C(=C/c3cccn3-c3ccc(C(=O)O)cc3)S2)c1. The molecule has 2 heterocycles. The molecule has 0 radical (unpaired) electrons. The number of hydrogen-bond acceptors (Lipinski definition) is 4. The summed E-state index contributed by atoms with van der Waals surface area (Å²) in [6, 6.07) is 16.4. The molecular weight excluding hydrogens is 398 g/mol. The molecule has 0 unspecified atom stereocenters. The number of rotatable bonds is 4. The number of aromatic carboxylic acids is 1. The third-order valence-corrected chi connectivity index (χ3v) is 5.45. The van der Waals surface area contributed by atoms with Crippen LogP contribution in [0.5, 0.6) is 0 Å². The van der Waals surface area contributed by atoms with E-state index in [1.807, 2.05) is 48.9 Å². The average Bonchev–Trinajstić information content (AvgIpc) is 3.28. The zero-order valence-corrected chi connectivity index (χ0v) is 17.2. The van der Waals surface area contributed by atoms with Crippen LogP contribution < -0.4 is 5.32 Å². The summed E-state index contributed by atoms with van der Waals surface area (Å²) in [5, 5.41) is 12.4. The van der Waals surface area contributed by atoms with E-state index in [1.54, 1.807) is 30.3 Å². The number of aryl methyl sites for hydroxylation is 2. The van der Waals surface area contributed by atoms with Crippen molar-refractivity contribution in [2.75, 3.05) is 0 Å². The molecule has 0 atom stereocenters. The Morgan fingerprint density at radius 1 is 1.10 bits per heavy atom. The number of aliphatic imine (C=N–C) groups is 1. The van der Waals surface area contributed by atoms with Crippen molar-refractivity contribution in [3.8, 4) is 5.69 Å². The third-order valence-electron chi connectivity index (χ3n) is 4.54. The van der Waals surface area contributed by atoms with Crippen molar-refractivity contribution in [1.82, 2.24) is 9.88 Å². The number of carbonyl (C=O) groups is 2. The molecule has 3 aromatic rings. The van der Waals surface area contributed by atoms with Crippen LogP contribution in [0, 0.1) is 13.8 Å². The molecule has 0 bridgehead atoms. The Morgan fingerprint density at radius 3 is 2.47 bits per heavy atom. The predicted octanol–water partition coefficient (Wildman–Crippen LogP) is 4.68. The first-order valence-corrected chi connectivity index (χ1v) is 10.1. The first-order valence-electron chi connectivity index (χ1n) is 9.28. The molecule has 0 spiro atoms. The number of aromatic nitrogens is 1. The molecule has 2 N–H and O–H groups in total. The van der Waals surface area contributed by atoms with E-state index < -0.39 is 5.97 Å². The maximum atomic E-state index is 12.4. The highest BCUT2D eigenvalue weighted by Gasteiger charge is 2.24. The number of amidine groups is 1. The van der Waals surface area contributed by atoms with Gasteiger partial charge in [0.2, 0.25) is 0 Å². The van der Waals surface area contributed by atoms with Gasteiger partial charge in [0.05, 0.1) is 16.2 Å². The minimum absolute atomic E-state index is 0.197. The largest absolute Gasteiger partial charge is 0.478 e. The van der Waals surface area contributed by atoms with Gasteiger partial charge < -0.3 is 15.0 Å². The molecule has 1 saturated heterocycles. The number of carboxylic acid groups (broad SMARTS) is 1. The summed E-state index contributed by atoms with van der Waals surface area (Å²) in [5.74, 6) is -1.16. The van der Waals surface area contributed by atoms with Crippen LogP contribution in [-0.2, 0) is 4.79 Å². The number of carbonyl (C=O) groups excluding carboxylic acids is 1. The van der Waals surface area contributed by atoms with E-state index in [4.69, 9.17) is 5.11 Å². The second kappa shape index (κ2) is 8.04. The highest BCUT2D eigenvalue weighted by atomic mass is 32.2. The van der Waals surface area contributed by atoms with E-state index >= 15 is 0 Å². The van der Waals surface area contributed by atoms with Gasteiger partial charge in [0, 0.05) is 17.6 Å². The quantitative estimate of drug-likeness (QED) is 0.604. The van der Waals surface area contributed by atoms with E-state index in [1.165, 1.54) is 11.8 Å². The van der Waals surface area contributed by atoms with Crippen LogP contribution in [0.4, 0.5) is 5.69 Å². The van der Waals surface area contributed by atoms with Gasteiger partial charge in [-0.15, -0.1) is 0 Å². The predicted molar refractivity (Wildman–Crippen MR) is 119 cm³/mol. The van der Waals surface area contributed by atoms with E-state index in [9.17, 15) is 9.59 Å². The molecule has 1 fully saturated rings. The molecule has 6 nitrogen and oxygen atoms in total. The van der Waals surface area contributed by atoms with Crippen molar-refractivity contribution in [2.24, 2.45) is 4.99 Å². The summed E-state index contributed by atoms with van der Waals surface area (Å²) in [6.45, 7) is 4.03. The van der Waals surface area contributed by atoms with Gasteiger partial charge in [-0.1, -0.05) is 6.07 Å². The van der Waals surface area contributed by atoms with Crippen LogP contribution in [0.25, 0.3) is 11.8 Å². The monoisotopic (exact) mass is 417 g/mol. The minimum atomic E-state index is -0.967. The van der Waals surface area contributed by atoms with Gasteiger partial charge in [0.25, 0.3) is 5.91 Å². The molecule has 0 saturated carbocycles. The van der Waals surface area contributed by atoms with Crippen LogP contribution in [-0.4, -0.2) is 26.7 Å². The Labute approximate surface area is 178 Å². The van der Waals surface area contributed by atoms with Crippen LogP contribution in [0.3, 0.4) is 0 Å². The van der Waals surface area contributed by atoms with Gasteiger partial charge in [-0.05, 0) is 91.3 Å². The van der Waals surface area contributed by atoms with Gasteiger partial charge in [-0.3, -0.25) is 4.79 Å². The molecule has 1 aromatic heterocycles. The Hall–Kier alpha value is -3.58. The topological polar surface area (TPSA) is 83.7 Å². The van der Waals surface area contributed by atoms with Crippen molar-refractivity contribution in [3.63, 3.8) is 0 Å². The van der Waals surface area contributed by atoms with Gasteiger partial charge >= 0.3 is 5.97 Å². The standard InChI is InChI=1S/C23H19N3O3S/c1-14-10-15(2)12-17(11-14)24-23-25-21(27)20(30-23)13-19-4-3-9-26(19)18-7-5-16(6-8-18)22(28)29/h3-13H,1-2H3,(H,28,29)(H,24,25,27)/b20-13-. The highest BCUT2D eigenvalue weighted by molar-refractivity contribution is 8.18. The lowest BCUT2D eigenvalue weighted by Gasteiger charge is -2.07. The summed E-state index contributed by atoms with van der Waals surface area (Å²) < 4.78 is 1.89. The molecule has 1 amide bonds. The lowest BCUT2D eigenvalue weighted by Crippen LogP contribution is -2.19. The van der Waals surface area contributed by atoms with Gasteiger partial charge in [0.1, 0.15) is 0 Å². The molecule has 30 heavy (non-hydrogen) atoms. The number of benzene rings is 2. The van der Waals surface area contributed by atoms with Crippen molar-refractivity contribution < 1.29 is 14.7 Å². The fourth-order valence-corrected chi connectivity index (χ4v) is 4.09. The molecule has 2 aromatic carbocycles. The fraction of sp³-hybridized carbons (Fsp3) is 0.0870. The lowest BCUT2D eigenvalue weighted by atomic mass is 10.1. The van der Waals surface area contributed by atoms with E-state index in [0.717, 1.165) is 28.2 Å². The van der Waals surface area contributed by atoms with Crippen molar-refractivity contribution in [1.29, 1.82) is 0 Å². The lowest BCUT2D eigenvalue weighted by molar-refractivity contribution is -0.115. The van der Waals surface area contributed by atoms with Crippen molar-refractivity contribution in [3.05, 3.63) is 88.1 Å². The van der Waals surface area contributed by atoms with Crippen LogP contribution in [0.1, 0.15) is 27.2 Å². The normalized spacial score (nSPS) is 16.3.